The number of anilines is 1. The molecule has 0 aliphatic rings. The molecule has 2 N–H and O–H groups in total. The van der Waals surface area contributed by atoms with E-state index in [1.165, 1.54) is 0 Å². The van der Waals surface area contributed by atoms with Gasteiger partial charge in [-0.1, -0.05) is 23.2 Å². The van der Waals surface area contributed by atoms with Gasteiger partial charge in [-0.3, -0.25) is 20.1 Å². The summed E-state index contributed by atoms with van der Waals surface area (Å²) in [5.74, 6) is -1.24. The van der Waals surface area contributed by atoms with Crippen molar-refractivity contribution in [1.29, 1.82) is 0 Å². The summed E-state index contributed by atoms with van der Waals surface area (Å²) in [5, 5.41) is 19.3. The quantitative estimate of drug-likeness (QED) is 0.0872. The Morgan fingerprint density at radius 3 is 2.29 bits per heavy atom. The number of hydrogen-bond acceptors (Lipinski definition) is 6. The average Bonchev–Trinajstić information content (AvgIpc) is 2.41. The van der Waals surface area contributed by atoms with E-state index in [4.69, 9.17) is 28.4 Å². The molecule has 0 spiro atoms. The van der Waals surface area contributed by atoms with Crippen LogP contribution in [0.2, 0.25) is 0 Å². The van der Waals surface area contributed by atoms with Gasteiger partial charge in [0.1, 0.15) is 5.69 Å². The third kappa shape index (κ3) is 6.76. The van der Waals surface area contributed by atoms with Crippen molar-refractivity contribution in [3.8, 4) is 0 Å². The van der Waals surface area contributed by atoms with Crippen LogP contribution in [0.25, 0.3) is 0 Å². The van der Waals surface area contributed by atoms with Gasteiger partial charge >= 0.3 is 59.1 Å². The van der Waals surface area contributed by atoms with E-state index < -0.39 is 54.2 Å². The molecule has 0 aliphatic carbocycles. The number of benzene rings is 1. The molecule has 0 unspecified atom stereocenters. The maximum atomic E-state index is 13.2. The van der Waals surface area contributed by atoms with Crippen molar-refractivity contribution >= 4 is 101 Å². The molecule has 0 saturated carbocycles. The summed E-state index contributed by atoms with van der Waals surface area (Å²) in [7, 11) is 0. The zero-order valence-electron chi connectivity index (χ0n) is 13.2. The molecule has 0 heterocycles. The molecule has 0 aromatic heterocycles. The van der Waals surface area contributed by atoms with Crippen LogP contribution >= 0.6 is 35.1 Å². The maximum Gasteiger partial charge on any atom is 2.00 e. The fourth-order valence-electron chi connectivity index (χ4n) is 1.39. The zero-order valence-corrected chi connectivity index (χ0v) is 18.0. The molecule has 1 amide bonds. The predicted molar refractivity (Wildman–Crippen MR) is 82.0 cm³/mol. The first-order valence-corrected chi connectivity index (χ1v) is 6.75. The Kier molecular flexibility index (Phi) is 9.16. The van der Waals surface area contributed by atoms with E-state index >= 15 is 0 Å². The van der Waals surface area contributed by atoms with Gasteiger partial charge in [0, 0.05) is 23.6 Å². The second-order valence-electron chi connectivity index (χ2n) is 3.70. The second-order valence-corrected chi connectivity index (χ2v) is 6.49. The van der Waals surface area contributed by atoms with Crippen LogP contribution in [0.3, 0.4) is 0 Å². The molecule has 24 heavy (non-hydrogen) atoms. The molecule has 1 rings (SSSR count). The summed E-state index contributed by atoms with van der Waals surface area (Å²) in [6.07, 6.45) is -5.33. The molecule has 0 radical (unpaired) electrons. The summed E-state index contributed by atoms with van der Waals surface area (Å²) in [4.78, 5) is 20.9. The largest absolute Gasteiger partial charge is 2.00 e. The van der Waals surface area contributed by atoms with Gasteiger partial charge in [-0.05, 0) is 12.1 Å². The SMILES string of the molecule is O=C(NO)c1ccc([N+](=O)[O-])c(N(SC(F)(Cl)Cl)C(F)(F)F)c1.[Ba+2].[H-].[H-]. The first-order valence-electron chi connectivity index (χ1n) is 5.22. The number of nitro benzene ring substituents is 1. The number of amides is 1. The minimum absolute atomic E-state index is 0. The van der Waals surface area contributed by atoms with Crippen molar-refractivity contribution < 1.29 is 35.3 Å². The Balaban J connectivity index is -0.00000176. The normalized spacial score (nSPS) is 11.5. The molecule has 0 saturated heterocycles. The monoisotopic (exact) mass is 537 g/mol. The smallest absolute Gasteiger partial charge is 1.00 e. The number of hydrogen-bond donors (Lipinski definition) is 2. The molecular weight excluding hydrogens is 530 g/mol. The van der Waals surface area contributed by atoms with E-state index in [0.29, 0.717) is 12.1 Å². The van der Waals surface area contributed by atoms with E-state index in [2.05, 4.69) is 0 Å². The summed E-state index contributed by atoms with van der Waals surface area (Å²) in [5.41, 5.74) is -1.72. The van der Waals surface area contributed by atoms with Crippen LogP contribution in [0.15, 0.2) is 18.2 Å². The summed E-state index contributed by atoms with van der Waals surface area (Å²) >= 11 is 8.95. The van der Waals surface area contributed by atoms with Crippen LogP contribution in [0.4, 0.5) is 28.9 Å². The van der Waals surface area contributed by atoms with Crippen molar-refractivity contribution in [3.63, 3.8) is 0 Å². The molecule has 1 aromatic rings. The summed E-state index contributed by atoms with van der Waals surface area (Å²) < 4.78 is 48.0. The summed E-state index contributed by atoms with van der Waals surface area (Å²) in [6, 6.07) is 1.78. The molecule has 1 aromatic carbocycles. The van der Waals surface area contributed by atoms with Gasteiger partial charge in [-0.2, -0.15) is 4.39 Å². The fraction of sp³-hybridized carbons (Fsp3) is 0.222. The van der Waals surface area contributed by atoms with Gasteiger partial charge in [0.2, 0.25) is 0 Å². The van der Waals surface area contributed by atoms with Gasteiger partial charge < -0.3 is 2.85 Å². The predicted octanol–water partition coefficient (Wildman–Crippen LogP) is 3.59. The van der Waals surface area contributed by atoms with Crippen molar-refractivity contribution in [3.05, 3.63) is 33.9 Å². The van der Waals surface area contributed by atoms with Crippen molar-refractivity contribution in [2.24, 2.45) is 0 Å². The maximum absolute atomic E-state index is 13.2. The average molecular weight is 537 g/mol. The number of halogens is 6. The number of nitrogens with one attached hydrogen (secondary N) is 1. The molecule has 15 heteroatoms. The Labute approximate surface area is 188 Å². The topological polar surface area (TPSA) is 95.7 Å². The van der Waals surface area contributed by atoms with Gasteiger partial charge in [-0.15, -0.1) is 13.2 Å². The molecule has 132 valence electrons. The Morgan fingerprint density at radius 1 is 1.38 bits per heavy atom. The molecule has 0 fully saturated rings. The Hall–Kier alpha value is 0.0714. The van der Waals surface area contributed by atoms with Crippen LogP contribution < -0.4 is 9.79 Å². The van der Waals surface area contributed by atoms with E-state index in [9.17, 15) is 32.5 Å². The Bertz CT molecular complexity index is 642. The van der Waals surface area contributed by atoms with Crippen molar-refractivity contribution in [1.82, 2.24) is 5.48 Å². The Morgan fingerprint density at radius 2 is 1.92 bits per heavy atom. The van der Waals surface area contributed by atoms with E-state index in [1.54, 1.807) is 0 Å². The minimum atomic E-state index is -5.33. The first kappa shape index (κ1) is 24.1. The van der Waals surface area contributed by atoms with Gasteiger partial charge in [-0.25, -0.2) is 9.79 Å². The third-order valence-electron chi connectivity index (χ3n) is 2.18. The van der Waals surface area contributed by atoms with Crippen molar-refractivity contribution in [2.45, 2.75) is 10.2 Å². The molecule has 0 aliphatic heterocycles. The van der Waals surface area contributed by atoms with Crippen LogP contribution in [-0.2, 0) is 0 Å². The first-order chi connectivity index (χ1) is 10.4. The van der Waals surface area contributed by atoms with Crippen LogP contribution in [0, 0.1) is 10.1 Å². The molecule has 0 bridgehead atoms. The second kappa shape index (κ2) is 9.14. The van der Waals surface area contributed by atoms with Gasteiger partial charge in [0.25, 0.3) is 11.6 Å². The number of nitro groups is 1. The fourth-order valence-corrected chi connectivity index (χ4v) is 2.36. The number of nitrogens with zero attached hydrogens (tertiary/aromatic N) is 2. The molecule has 0 atom stereocenters. The van der Waals surface area contributed by atoms with Gasteiger partial charge in [0.05, 0.1) is 4.92 Å². The van der Waals surface area contributed by atoms with Gasteiger partial charge in [0.15, 0.2) is 0 Å². The van der Waals surface area contributed by atoms with Crippen LogP contribution in [0.5, 0.6) is 0 Å². The number of carbonyl (C=O) groups excluding carboxylic acids is 1. The number of rotatable bonds is 5. The van der Waals surface area contributed by atoms with E-state index in [1.807, 2.05) is 0 Å². The molecular formula is C9H7BaCl2F4N3O4S. The van der Waals surface area contributed by atoms with E-state index in [0.717, 1.165) is 11.5 Å². The molecule has 7 nitrogen and oxygen atoms in total. The number of carbonyl (C=O) groups is 1. The number of hydroxylamine groups is 1. The van der Waals surface area contributed by atoms with Crippen molar-refractivity contribution in [2.75, 3.05) is 4.31 Å². The third-order valence-corrected chi connectivity index (χ3v) is 3.39. The van der Waals surface area contributed by atoms with Crippen LogP contribution in [-0.4, -0.2) is 75.1 Å². The number of alkyl halides is 6. The zero-order chi connectivity index (χ0) is 18.0. The van der Waals surface area contributed by atoms with E-state index in [-0.39, 0.29) is 51.7 Å². The standard InChI is InChI=1S/C9H5Cl2F4N3O4S.Ba.2H/c10-8(11,12)23-17(9(13,14)15)6-3-4(7(19)16-20)1-2-5(6)18(21)22;;;/h1-3,20H,(H,16,19);;;/q;+2;2*-1. The summed E-state index contributed by atoms with van der Waals surface area (Å²) in [6.45, 7) is 0. The minimum Gasteiger partial charge on any atom is -1.00 e. The van der Waals surface area contributed by atoms with Crippen LogP contribution in [0.1, 0.15) is 13.2 Å².